The maximum Gasteiger partial charge on any atom is 0.277 e. The zero-order chi connectivity index (χ0) is 16.5. The van der Waals surface area contributed by atoms with Crippen LogP contribution in [0.4, 0.5) is 0 Å². The molecule has 2 amide bonds. The van der Waals surface area contributed by atoms with Gasteiger partial charge in [0, 0.05) is 13.1 Å². The number of likely N-dealkylation sites (N-methyl/N-ethyl adjacent to an activating group) is 2. The van der Waals surface area contributed by atoms with Crippen LogP contribution in [0.1, 0.15) is 32.4 Å². The highest BCUT2D eigenvalue weighted by molar-refractivity contribution is 5.79. The third-order valence-electron chi connectivity index (χ3n) is 3.71. The molecule has 0 bridgehead atoms. The van der Waals surface area contributed by atoms with E-state index < -0.39 is 0 Å². The van der Waals surface area contributed by atoms with Crippen LogP contribution in [0.25, 0.3) is 0 Å². The third-order valence-corrected chi connectivity index (χ3v) is 3.71. The van der Waals surface area contributed by atoms with Gasteiger partial charge in [0.05, 0.1) is 13.1 Å². The highest BCUT2D eigenvalue weighted by Gasteiger charge is 2.18. The largest absolute Gasteiger partial charge is 0.345 e. The highest BCUT2D eigenvalue weighted by atomic mass is 16.2. The van der Waals surface area contributed by atoms with Crippen LogP contribution in [0.5, 0.6) is 0 Å². The molecule has 1 rings (SSSR count). The van der Waals surface area contributed by atoms with Crippen molar-refractivity contribution in [3.63, 3.8) is 0 Å². The van der Waals surface area contributed by atoms with Crippen LogP contribution >= 0.6 is 0 Å². The zero-order valence-corrected chi connectivity index (χ0v) is 14.1. The van der Waals surface area contributed by atoms with Gasteiger partial charge in [-0.2, -0.15) is 0 Å². The maximum atomic E-state index is 12.1. The number of amides is 2. The number of hydrogen-bond acceptors (Lipinski definition) is 2. The van der Waals surface area contributed by atoms with Gasteiger partial charge in [-0.25, -0.2) is 0 Å². The van der Waals surface area contributed by atoms with Gasteiger partial charge in [-0.05, 0) is 26.3 Å². The second-order valence-corrected chi connectivity index (χ2v) is 5.58. The monoisotopic (exact) mass is 306 g/mol. The Bertz CT molecular complexity index is 472. The summed E-state index contributed by atoms with van der Waals surface area (Å²) in [5, 5.41) is 2.97. The van der Waals surface area contributed by atoms with Crippen LogP contribution in [0.3, 0.4) is 0 Å². The number of nitrogens with zero attached hydrogens (tertiary/aromatic N) is 1. The number of nitrogens with one attached hydrogen (secondary N) is 2. The molecule has 0 radical (unpaired) electrons. The summed E-state index contributed by atoms with van der Waals surface area (Å²) < 4.78 is 0. The Morgan fingerprint density at radius 2 is 1.73 bits per heavy atom. The van der Waals surface area contributed by atoms with E-state index in [9.17, 15) is 9.59 Å². The molecule has 1 unspecified atom stereocenters. The lowest BCUT2D eigenvalue weighted by atomic mass is 10.1. The predicted octanol–water partition coefficient (Wildman–Crippen LogP) is 0.247. The highest BCUT2D eigenvalue weighted by Crippen LogP contribution is 2.10. The Morgan fingerprint density at radius 1 is 1.14 bits per heavy atom. The molecule has 122 valence electrons. The van der Waals surface area contributed by atoms with Crippen molar-refractivity contribution in [2.24, 2.45) is 0 Å². The molecule has 0 saturated carbocycles. The van der Waals surface area contributed by atoms with Gasteiger partial charge >= 0.3 is 0 Å². The van der Waals surface area contributed by atoms with E-state index in [2.05, 4.69) is 5.32 Å². The van der Waals surface area contributed by atoms with Crippen molar-refractivity contribution >= 4 is 11.8 Å². The van der Waals surface area contributed by atoms with E-state index >= 15 is 0 Å². The Balaban J connectivity index is 2.43. The summed E-state index contributed by atoms with van der Waals surface area (Å²) in [4.78, 5) is 26.8. The molecule has 0 heterocycles. The fourth-order valence-electron chi connectivity index (χ4n) is 2.40. The van der Waals surface area contributed by atoms with Gasteiger partial charge in [0.15, 0.2) is 13.1 Å². The molecule has 2 N–H and O–H groups in total. The number of carbonyl (C=O) groups excluding carboxylic acids is 2. The molecule has 0 spiro atoms. The molecule has 0 saturated heterocycles. The summed E-state index contributed by atoms with van der Waals surface area (Å²) in [5.41, 5.74) is 1.08. The minimum absolute atomic E-state index is 0.0278. The van der Waals surface area contributed by atoms with Crippen molar-refractivity contribution in [3.8, 4) is 0 Å². The van der Waals surface area contributed by atoms with Gasteiger partial charge in [-0.15, -0.1) is 0 Å². The standard InChI is InChI=1S/C17H27N3O2/c1-5-20(6-2)17(22)13-19(4)12-16(21)18-14(3)15-10-8-7-9-11-15/h7-11,14H,5-6,12-13H2,1-4H3,(H,18,21)/p+1/t14-/m1/s1. The van der Waals surface area contributed by atoms with Gasteiger partial charge < -0.3 is 15.1 Å². The lowest BCUT2D eigenvalue weighted by Crippen LogP contribution is -3.11. The van der Waals surface area contributed by atoms with Gasteiger partial charge in [-0.1, -0.05) is 30.3 Å². The molecule has 0 fully saturated rings. The molecule has 0 aliphatic rings. The van der Waals surface area contributed by atoms with Gasteiger partial charge in [0.2, 0.25) is 0 Å². The zero-order valence-electron chi connectivity index (χ0n) is 14.1. The lowest BCUT2D eigenvalue weighted by Gasteiger charge is -2.21. The molecule has 5 heteroatoms. The Hall–Kier alpha value is -1.88. The van der Waals surface area contributed by atoms with Crippen LogP contribution in [-0.4, -0.2) is 49.9 Å². The second-order valence-electron chi connectivity index (χ2n) is 5.58. The van der Waals surface area contributed by atoms with E-state index in [-0.39, 0.29) is 17.9 Å². The molecule has 0 aromatic heterocycles. The van der Waals surface area contributed by atoms with Crippen LogP contribution in [-0.2, 0) is 9.59 Å². The molecular formula is C17H28N3O2+. The summed E-state index contributed by atoms with van der Waals surface area (Å²) >= 11 is 0. The van der Waals surface area contributed by atoms with Gasteiger partial charge in [-0.3, -0.25) is 9.59 Å². The smallest absolute Gasteiger partial charge is 0.277 e. The molecule has 1 aromatic carbocycles. The first kappa shape index (κ1) is 18.2. The first-order chi connectivity index (χ1) is 10.5. The molecular weight excluding hydrogens is 278 g/mol. The Labute approximate surface area is 133 Å². The fraction of sp³-hybridized carbons (Fsp3) is 0.529. The number of benzene rings is 1. The van der Waals surface area contributed by atoms with Crippen molar-refractivity contribution in [2.45, 2.75) is 26.8 Å². The van der Waals surface area contributed by atoms with Crippen molar-refractivity contribution in [3.05, 3.63) is 35.9 Å². The number of hydrogen-bond donors (Lipinski definition) is 2. The van der Waals surface area contributed by atoms with Crippen molar-refractivity contribution in [2.75, 3.05) is 33.2 Å². The quantitative estimate of drug-likeness (QED) is 0.723. The van der Waals surface area contributed by atoms with Crippen LogP contribution in [0.15, 0.2) is 30.3 Å². The topological polar surface area (TPSA) is 53.9 Å². The van der Waals surface area contributed by atoms with Crippen LogP contribution in [0, 0.1) is 0 Å². The third kappa shape index (κ3) is 5.85. The normalized spacial score (nSPS) is 13.3. The molecule has 0 aliphatic heterocycles. The average molecular weight is 306 g/mol. The van der Waals surface area contributed by atoms with Crippen molar-refractivity contribution in [1.29, 1.82) is 0 Å². The van der Waals surface area contributed by atoms with E-state index in [1.54, 1.807) is 4.90 Å². The van der Waals surface area contributed by atoms with E-state index in [0.717, 1.165) is 10.5 Å². The Kier molecular flexibility index (Phi) is 7.60. The summed E-state index contributed by atoms with van der Waals surface area (Å²) in [5.74, 6) is 0.0487. The average Bonchev–Trinajstić information content (AvgIpc) is 2.48. The predicted molar refractivity (Wildman–Crippen MR) is 87.5 cm³/mol. The summed E-state index contributed by atoms with van der Waals surface area (Å²) in [7, 11) is 1.87. The summed E-state index contributed by atoms with van der Waals surface area (Å²) in [6.45, 7) is 7.94. The van der Waals surface area contributed by atoms with Crippen molar-refractivity contribution in [1.82, 2.24) is 10.2 Å². The van der Waals surface area contributed by atoms with Crippen molar-refractivity contribution < 1.29 is 14.5 Å². The lowest BCUT2D eigenvalue weighted by molar-refractivity contribution is -0.863. The second kappa shape index (κ2) is 9.20. The Morgan fingerprint density at radius 3 is 2.27 bits per heavy atom. The van der Waals surface area contributed by atoms with E-state index in [1.165, 1.54) is 0 Å². The summed E-state index contributed by atoms with van der Waals surface area (Å²) in [6.07, 6.45) is 0. The summed E-state index contributed by atoms with van der Waals surface area (Å²) in [6, 6.07) is 9.82. The molecule has 22 heavy (non-hydrogen) atoms. The molecule has 1 aromatic rings. The van der Waals surface area contributed by atoms with Gasteiger partial charge in [0.1, 0.15) is 0 Å². The number of carbonyl (C=O) groups is 2. The first-order valence-corrected chi connectivity index (χ1v) is 7.91. The van der Waals surface area contributed by atoms with E-state index in [0.29, 0.717) is 26.2 Å². The minimum Gasteiger partial charge on any atom is -0.345 e. The minimum atomic E-state index is -0.0406. The van der Waals surface area contributed by atoms with Crippen LogP contribution in [0.2, 0.25) is 0 Å². The maximum absolute atomic E-state index is 12.1. The van der Waals surface area contributed by atoms with Gasteiger partial charge in [0.25, 0.3) is 11.8 Å². The van der Waals surface area contributed by atoms with E-state index in [4.69, 9.17) is 0 Å². The molecule has 2 atom stereocenters. The SMILES string of the molecule is CCN(CC)C(=O)C[NH+](C)CC(=O)N[C@H](C)c1ccccc1. The van der Waals surface area contributed by atoms with Crippen LogP contribution < -0.4 is 10.2 Å². The molecule has 0 aliphatic carbocycles. The first-order valence-electron chi connectivity index (χ1n) is 7.91. The van der Waals surface area contributed by atoms with E-state index in [1.807, 2.05) is 58.2 Å². The molecule has 5 nitrogen and oxygen atoms in total. The fourth-order valence-corrected chi connectivity index (χ4v) is 2.40. The number of quaternary nitrogens is 1. The number of rotatable bonds is 8.